The fraction of sp³-hybridized carbons (Fsp3) is 0.316. The van der Waals surface area contributed by atoms with E-state index in [0.29, 0.717) is 29.9 Å². The van der Waals surface area contributed by atoms with E-state index in [1.165, 1.54) is 34.6 Å². The van der Waals surface area contributed by atoms with Gasteiger partial charge in [0.25, 0.3) is 5.91 Å². The van der Waals surface area contributed by atoms with Crippen molar-refractivity contribution in [1.29, 1.82) is 0 Å². The molecule has 2 aromatic rings. The van der Waals surface area contributed by atoms with Crippen LogP contribution in [0.1, 0.15) is 35.2 Å². The Morgan fingerprint density at radius 1 is 1.04 bits per heavy atom. The molecule has 0 bridgehead atoms. The molecule has 1 N–H and O–H groups in total. The highest BCUT2D eigenvalue weighted by Gasteiger charge is 2.27. The molecule has 1 aliphatic heterocycles. The van der Waals surface area contributed by atoms with Gasteiger partial charge in [0.05, 0.1) is 4.90 Å². The zero-order chi connectivity index (χ0) is 18.7. The number of sulfonamides is 1. The maximum Gasteiger partial charge on any atom is 0.255 e. The first-order chi connectivity index (χ1) is 12.4. The minimum absolute atomic E-state index is 0.205. The first-order valence-electron chi connectivity index (χ1n) is 8.55. The number of hydrogen-bond donors (Lipinski definition) is 1. The molecule has 3 rings (SSSR count). The summed E-state index contributed by atoms with van der Waals surface area (Å²) in [6, 6.07) is 9.99. The summed E-state index contributed by atoms with van der Waals surface area (Å²) in [5.41, 5.74) is 1.32. The van der Waals surface area contributed by atoms with Crippen molar-refractivity contribution in [3.63, 3.8) is 0 Å². The van der Waals surface area contributed by atoms with E-state index in [2.05, 4.69) is 5.32 Å². The van der Waals surface area contributed by atoms with Crippen LogP contribution in [0.3, 0.4) is 0 Å². The first kappa shape index (κ1) is 18.5. The second-order valence-corrected chi connectivity index (χ2v) is 8.31. The van der Waals surface area contributed by atoms with E-state index in [0.717, 1.165) is 19.3 Å². The van der Waals surface area contributed by atoms with E-state index < -0.39 is 21.7 Å². The van der Waals surface area contributed by atoms with Crippen molar-refractivity contribution in [3.05, 3.63) is 59.4 Å². The maximum absolute atomic E-state index is 13.0. The van der Waals surface area contributed by atoms with Crippen molar-refractivity contribution < 1.29 is 17.6 Å². The topological polar surface area (TPSA) is 66.5 Å². The molecule has 2 aromatic carbocycles. The van der Waals surface area contributed by atoms with Crippen molar-refractivity contribution in [3.8, 4) is 0 Å². The smallest absolute Gasteiger partial charge is 0.255 e. The molecule has 5 nitrogen and oxygen atoms in total. The van der Waals surface area contributed by atoms with Crippen LogP contribution in [0.5, 0.6) is 0 Å². The van der Waals surface area contributed by atoms with Crippen LogP contribution in [0, 0.1) is 12.7 Å². The van der Waals surface area contributed by atoms with Crippen molar-refractivity contribution in [1.82, 2.24) is 4.31 Å². The van der Waals surface area contributed by atoms with Gasteiger partial charge in [-0.25, -0.2) is 12.8 Å². The minimum Gasteiger partial charge on any atom is -0.322 e. The van der Waals surface area contributed by atoms with Crippen molar-refractivity contribution in [2.24, 2.45) is 0 Å². The van der Waals surface area contributed by atoms with Crippen molar-refractivity contribution >= 4 is 21.6 Å². The Kier molecular flexibility index (Phi) is 5.38. The molecule has 138 valence electrons. The van der Waals surface area contributed by atoms with Crippen LogP contribution in [0.2, 0.25) is 0 Å². The van der Waals surface area contributed by atoms with Crippen molar-refractivity contribution in [2.45, 2.75) is 31.1 Å². The van der Waals surface area contributed by atoms with E-state index >= 15 is 0 Å². The molecule has 7 heteroatoms. The fourth-order valence-corrected chi connectivity index (χ4v) is 4.77. The van der Waals surface area contributed by atoms with Crippen LogP contribution >= 0.6 is 0 Å². The summed E-state index contributed by atoms with van der Waals surface area (Å²) in [6.07, 6.45) is 2.76. The predicted molar refractivity (Wildman–Crippen MR) is 98.1 cm³/mol. The van der Waals surface area contributed by atoms with Gasteiger partial charge in [-0.2, -0.15) is 4.31 Å². The van der Waals surface area contributed by atoms with Crippen molar-refractivity contribution in [2.75, 3.05) is 18.4 Å². The molecule has 0 aliphatic carbocycles. The highest BCUT2D eigenvalue weighted by atomic mass is 32.2. The molecule has 0 atom stereocenters. The Morgan fingerprint density at radius 2 is 1.69 bits per heavy atom. The largest absolute Gasteiger partial charge is 0.322 e. The summed E-state index contributed by atoms with van der Waals surface area (Å²) in [6.45, 7) is 2.78. The third kappa shape index (κ3) is 3.94. The van der Waals surface area contributed by atoms with Gasteiger partial charge in [0.1, 0.15) is 5.82 Å². The second-order valence-electron chi connectivity index (χ2n) is 6.41. The summed E-state index contributed by atoms with van der Waals surface area (Å²) in [7, 11) is -3.59. The number of hydrogen-bond acceptors (Lipinski definition) is 3. The highest BCUT2D eigenvalue weighted by Crippen LogP contribution is 2.26. The number of benzene rings is 2. The summed E-state index contributed by atoms with van der Waals surface area (Å²) >= 11 is 0. The number of nitrogens with zero attached hydrogens (tertiary/aromatic N) is 1. The number of halogens is 1. The number of anilines is 1. The Hall–Kier alpha value is -2.25. The molecule has 0 radical (unpaired) electrons. The monoisotopic (exact) mass is 376 g/mol. The van der Waals surface area contributed by atoms with Gasteiger partial charge in [0.15, 0.2) is 0 Å². The lowest BCUT2D eigenvalue weighted by Gasteiger charge is -2.26. The van der Waals surface area contributed by atoms with Gasteiger partial charge in [-0.3, -0.25) is 4.79 Å². The number of nitrogens with one attached hydrogen (secondary N) is 1. The van der Waals surface area contributed by atoms with Crippen LogP contribution in [0.4, 0.5) is 10.1 Å². The lowest BCUT2D eigenvalue weighted by molar-refractivity contribution is 0.102. The van der Waals surface area contributed by atoms with Gasteiger partial charge in [-0.15, -0.1) is 0 Å². The summed E-state index contributed by atoms with van der Waals surface area (Å²) < 4.78 is 40.3. The van der Waals surface area contributed by atoms with Gasteiger partial charge < -0.3 is 5.32 Å². The predicted octanol–water partition coefficient (Wildman–Crippen LogP) is 3.56. The van der Waals surface area contributed by atoms with E-state index in [4.69, 9.17) is 0 Å². The molecule has 0 unspecified atom stereocenters. The summed E-state index contributed by atoms with van der Waals surface area (Å²) in [4.78, 5) is 12.5. The SMILES string of the molecule is Cc1ccc(NC(=O)c2ccc(F)cc2)cc1S(=O)(=O)N1CCCCC1. The first-order valence-corrected chi connectivity index (χ1v) is 10.00. The third-order valence-corrected chi connectivity index (χ3v) is 6.53. The number of carbonyl (C=O) groups is 1. The van der Waals surface area contributed by atoms with Gasteiger partial charge in [0, 0.05) is 24.3 Å². The molecule has 26 heavy (non-hydrogen) atoms. The average molecular weight is 376 g/mol. The van der Waals surface area contributed by atoms with Gasteiger partial charge in [0.2, 0.25) is 10.0 Å². The van der Waals surface area contributed by atoms with Crippen LogP contribution < -0.4 is 5.32 Å². The number of carbonyl (C=O) groups excluding carboxylic acids is 1. The van der Waals surface area contributed by atoms with E-state index in [9.17, 15) is 17.6 Å². The number of piperidine rings is 1. The zero-order valence-electron chi connectivity index (χ0n) is 14.5. The Bertz CT molecular complexity index is 905. The molecule has 0 spiro atoms. The molecular formula is C19H21FN2O3S. The van der Waals surface area contributed by atoms with Crippen LogP contribution in [-0.4, -0.2) is 31.7 Å². The van der Waals surface area contributed by atoms with Gasteiger partial charge in [-0.05, 0) is 61.7 Å². The second kappa shape index (κ2) is 7.55. The normalized spacial score (nSPS) is 15.6. The molecule has 1 saturated heterocycles. The average Bonchev–Trinajstić information content (AvgIpc) is 2.64. The number of rotatable bonds is 4. The summed E-state index contributed by atoms with van der Waals surface area (Å²) in [5.74, 6) is -0.845. The number of aryl methyl sites for hydroxylation is 1. The number of amides is 1. The zero-order valence-corrected chi connectivity index (χ0v) is 15.4. The maximum atomic E-state index is 13.0. The minimum atomic E-state index is -3.59. The standard InChI is InChI=1S/C19H21FN2O3S/c1-14-5-10-17(21-19(23)15-6-8-16(20)9-7-15)13-18(14)26(24,25)22-11-3-2-4-12-22/h5-10,13H,2-4,11-12H2,1H3,(H,21,23). The molecule has 0 aromatic heterocycles. The van der Waals surface area contributed by atoms with Crippen LogP contribution in [-0.2, 0) is 10.0 Å². The Labute approximate surface area is 152 Å². The Morgan fingerprint density at radius 3 is 2.35 bits per heavy atom. The van der Waals surface area contributed by atoms with Crippen LogP contribution in [0.15, 0.2) is 47.4 Å². The quantitative estimate of drug-likeness (QED) is 0.887. The summed E-state index contributed by atoms with van der Waals surface area (Å²) in [5, 5.41) is 2.68. The van der Waals surface area contributed by atoms with Gasteiger partial charge in [-0.1, -0.05) is 12.5 Å². The van der Waals surface area contributed by atoms with E-state index in [1.807, 2.05) is 0 Å². The molecular weight excluding hydrogens is 355 g/mol. The third-order valence-electron chi connectivity index (χ3n) is 4.49. The molecule has 1 amide bonds. The molecule has 1 aliphatic rings. The molecule has 0 saturated carbocycles. The van der Waals surface area contributed by atoms with Crippen LogP contribution in [0.25, 0.3) is 0 Å². The van der Waals surface area contributed by atoms with E-state index in [1.54, 1.807) is 19.1 Å². The van der Waals surface area contributed by atoms with E-state index in [-0.39, 0.29) is 4.90 Å². The Balaban J connectivity index is 1.85. The fourth-order valence-electron chi connectivity index (χ4n) is 3.00. The lowest BCUT2D eigenvalue weighted by atomic mass is 10.2. The molecule has 1 fully saturated rings. The lowest BCUT2D eigenvalue weighted by Crippen LogP contribution is -2.36. The highest BCUT2D eigenvalue weighted by molar-refractivity contribution is 7.89. The van der Waals surface area contributed by atoms with Gasteiger partial charge >= 0.3 is 0 Å². The molecule has 1 heterocycles.